The van der Waals surface area contributed by atoms with Crippen LogP contribution in [-0.2, 0) is 4.74 Å². The van der Waals surface area contributed by atoms with Gasteiger partial charge in [-0.05, 0) is 31.7 Å². The second-order valence-electron chi connectivity index (χ2n) is 5.11. The first-order valence-electron chi connectivity index (χ1n) is 7.27. The Morgan fingerprint density at radius 2 is 1.90 bits per heavy atom. The lowest BCUT2D eigenvalue weighted by molar-refractivity contribution is 0.0984. The van der Waals surface area contributed by atoms with Gasteiger partial charge >= 0.3 is 0 Å². The predicted molar refractivity (Wildman–Crippen MR) is 85.1 cm³/mol. The van der Waals surface area contributed by atoms with Crippen LogP contribution in [0.15, 0.2) is 18.2 Å². The van der Waals surface area contributed by atoms with Gasteiger partial charge in [-0.2, -0.15) is 0 Å². The highest BCUT2D eigenvalue weighted by Crippen LogP contribution is 2.29. The molecule has 0 radical (unpaired) electrons. The van der Waals surface area contributed by atoms with Gasteiger partial charge in [0.25, 0.3) is 0 Å². The Labute approximate surface area is 128 Å². The van der Waals surface area contributed by atoms with Crippen molar-refractivity contribution in [2.24, 2.45) is 5.73 Å². The molecule has 0 bridgehead atoms. The van der Waals surface area contributed by atoms with Gasteiger partial charge in [-0.3, -0.25) is 4.90 Å². The largest absolute Gasteiger partial charge is 0.497 e. The number of hydrogen-bond donors (Lipinski definition) is 1. The van der Waals surface area contributed by atoms with E-state index < -0.39 is 0 Å². The first kappa shape index (κ1) is 17.8. The van der Waals surface area contributed by atoms with E-state index in [1.807, 2.05) is 18.2 Å². The standard InChI is InChI=1S/C16H28N2O3/c1-6-18(12(2)11-19-3)10-15(17)14-9-13(20-4)7-8-16(14)21-5/h7-9,12,15H,6,10-11,17H2,1-5H3. The minimum atomic E-state index is -0.144. The molecule has 0 aliphatic rings. The normalized spacial score (nSPS) is 14.0. The van der Waals surface area contributed by atoms with E-state index in [1.54, 1.807) is 21.3 Å². The number of benzene rings is 1. The molecule has 0 aromatic heterocycles. The number of rotatable bonds is 9. The highest BCUT2D eigenvalue weighted by molar-refractivity contribution is 5.42. The highest BCUT2D eigenvalue weighted by Gasteiger charge is 2.19. The number of nitrogens with two attached hydrogens (primary N) is 1. The molecule has 2 atom stereocenters. The Morgan fingerprint density at radius 1 is 1.19 bits per heavy atom. The Morgan fingerprint density at radius 3 is 2.43 bits per heavy atom. The second kappa shape index (κ2) is 8.87. The molecule has 2 unspecified atom stereocenters. The molecular formula is C16H28N2O3. The minimum Gasteiger partial charge on any atom is -0.497 e. The van der Waals surface area contributed by atoms with Crippen LogP contribution in [-0.4, -0.2) is 52.0 Å². The second-order valence-corrected chi connectivity index (χ2v) is 5.11. The van der Waals surface area contributed by atoms with Crippen molar-refractivity contribution >= 4 is 0 Å². The van der Waals surface area contributed by atoms with Crippen LogP contribution in [0.4, 0.5) is 0 Å². The molecule has 2 N–H and O–H groups in total. The maximum absolute atomic E-state index is 6.39. The van der Waals surface area contributed by atoms with E-state index in [2.05, 4.69) is 18.7 Å². The molecule has 5 nitrogen and oxygen atoms in total. The van der Waals surface area contributed by atoms with Crippen LogP contribution < -0.4 is 15.2 Å². The molecule has 0 aliphatic carbocycles. The fourth-order valence-corrected chi connectivity index (χ4v) is 2.45. The van der Waals surface area contributed by atoms with Gasteiger partial charge in [0.2, 0.25) is 0 Å². The summed E-state index contributed by atoms with van der Waals surface area (Å²) in [5, 5.41) is 0. The first-order valence-corrected chi connectivity index (χ1v) is 7.27. The third-order valence-electron chi connectivity index (χ3n) is 3.70. The van der Waals surface area contributed by atoms with E-state index in [-0.39, 0.29) is 6.04 Å². The van der Waals surface area contributed by atoms with Crippen molar-refractivity contribution in [1.29, 1.82) is 0 Å². The van der Waals surface area contributed by atoms with Crippen LogP contribution in [0.1, 0.15) is 25.5 Å². The molecule has 5 heteroatoms. The number of methoxy groups -OCH3 is 3. The topological polar surface area (TPSA) is 57.0 Å². The minimum absolute atomic E-state index is 0.144. The number of hydrogen-bond acceptors (Lipinski definition) is 5. The summed E-state index contributed by atoms with van der Waals surface area (Å²) in [5.74, 6) is 1.58. The van der Waals surface area contributed by atoms with Crippen LogP contribution in [0, 0.1) is 0 Å². The molecular weight excluding hydrogens is 268 g/mol. The van der Waals surface area contributed by atoms with E-state index in [0.29, 0.717) is 12.6 Å². The average molecular weight is 296 g/mol. The fraction of sp³-hybridized carbons (Fsp3) is 0.625. The Balaban J connectivity index is 2.88. The number of ether oxygens (including phenoxy) is 3. The van der Waals surface area contributed by atoms with E-state index in [4.69, 9.17) is 19.9 Å². The van der Waals surface area contributed by atoms with Crippen molar-refractivity contribution in [1.82, 2.24) is 4.90 Å². The zero-order chi connectivity index (χ0) is 15.8. The van der Waals surface area contributed by atoms with Crippen LogP contribution in [0.25, 0.3) is 0 Å². The molecule has 0 heterocycles. The SMILES string of the molecule is CCN(CC(N)c1cc(OC)ccc1OC)C(C)COC. The van der Waals surface area contributed by atoms with Crippen molar-refractivity contribution in [2.45, 2.75) is 25.9 Å². The van der Waals surface area contributed by atoms with Crippen LogP contribution in [0.3, 0.4) is 0 Å². The lowest BCUT2D eigenvalue weighted by Gasteiger charge is -2.30. The van der Waals surface area contributed by atoms with Gasteiger partial charge in [-0.1, -0.05) is 6.92 Å². The summed E-state index contributed by atoms with van der Waals surface area (Å²) in [4.78, 5) is 2.30. The van der Waals surface area contributed by atoms with E-state index >= 15 is 0 Å². The number of likely N-dealkylation sites (N-methyl/N-ethyl adjacent to an activating group) is 1. The van der Waals surface area contributed by atoms with Gasteiger partial charge in [-0.15, -0.1) is 0 Å². The van der Waals surface area contributed by atoms with E-state index in [0.717, 1.165) is 30.2 Å². The fourth-order valence-electron chi connectivity index (χ4n) is 2.45. The Bertz CT molecular complexity index is 426. The zero-order valence-electron chi connectivity index (χ0n) is 13.8. The molecule has 0 amide bonds. The van der Waals surface area contributed by atoms with Crippen molar-refractivity contribution in [3.63, 3.8) is 0 Å². The summed E-state index contributed by atoms with van der Waals surface area (Å²) in [5.41, 5.74) is 7.35. The lowest BCUT2D eigenvalue weighted by atomic mass is 10.0. The molecule has 0 fully saturated rings. The lowest BCUT2D eigenvalue weighted by Crippen LogP contribution is -2.40. The molecule has 1 aromatic rings. The molecule has 0 spiro atoms. The number of nitrogens with zero attached hydrogens (tertiary/aromatic N) is 1. The van der Waals surface area contributed by atoms with Crippen LogP contribution in [0.2, 0.25) is 0 Å². The van der Waals surface area contributed by atoms with Gasteiger partial charge in [0, 0.05) is 31.3 Å². The molecule has 0 saturated carbocycles. The molecule has 1 aromatic carbocycles. The van der Waals surface area contributed by atoms with Gasteiger partial charge in [0.15, 0.2) is 0 Å². The molecule has 0 aliphatic heterocycles. The van der Waals surface area contributed by atoms with Crippen LogP contribution in [0.5, 0.6) is 11.5 Å². The third-order valence-corrected chi connectivity index (χ3v) is 3.70. The van der Waals surface area contributed by atoms with Crippen molar-refractivity contribution in [2.75, 3.05) is 41.0 Å². The maximum Gasteiger partial charge on any atom is 0.123 e. The van der Waals surface area contributed by atoms with Crippen molar-refractivity contribution in [3.05, 3.63) is 23.8 Å². The molecule has 21 heavy (non-hydrogen) atoms. The maximum atomic E-state index is 6.39. The molecule has 120 valence electrons. The monoisotopic (exact) mass is 296 g/mol. The average Bonchev–Trinajstić information content (AvgIpc) is 2.51. The van der Waals surface area contributed by atoms with Crippen molar-refractivity contribution < 1.29 is 14.2 Å². The van der Waals surface area contributed by atoms with Gasteiger partial charge in [-0.25, -0.2) is 0 Å². The van der Waals surface area contributed by atoms with Gasteiger partial charge in [0.05, 0.1) is 20.8 Å². The summed E-state index contributed by atoms with van der Waals surface area (Å²) in [6.07, 6.45) is 0. The Kier molecular flexibility index (Phi) is 7.50. The van der Waals surface area contributed by atoms with Gasteiger partial charge in [0.1, 0.15) is 11.5 Å². The van der Waals surface area contributed by atoms with Crippen molar-refractivity contribution in [3.8, 4) is 11.5 Å². The third kappa shape index (κ3) is 4.88. The molecule has 1 rings (SSSR count). The Hall–Kier alpha value is -1.30. The van der Waals surface area contributed by atoms with E-state index in [9.17, 15) is 0 Å². The van der Waals surface area contributed by atoms with Gasteiger partial charge < -0.3 is 19.9 Å². The van der Waals surface area contributed by atoms with Crippen LogP contribution >= 0.6 is 0 Å². The zero-order valence-corrected chi connectivity index (χ0v) is 13.8. The molecule has 0 saturated heterocycles. The summed E-state index contributed by atoms with van der Waals surface area (Å²) in [7, 11) is 5.02. The summed E-state index contributed by atoms with van der Waals surface area (Å²) >= 11 is 0. The highest BCUT2D eigenvalue weighted by atomic mass is 16.5. The summed E-state index contributed by atoms with van der Waals surface area (Å²) in [6.45, 7) is 6.62. The first-order chi connectivity index (χ1) is 10.1. The predicted octanol–water partition coefficient (Wildman–Crippen LogP) is 2.06. The van der Waals surface area contributed by atoms with E-state index in [1.165, 1.54) is 0 Å². The quantitative estimate of drug-likeness (QED) is 0.756. The smallest absolute Gasteiger partial charge is 0.123 e. The summed E-state index contributed by atoms with van der Waals surface area (Å²) in [6, 6.07) is 5.89. The summed E-state index contributed by atoms with van der Waals surface area (Å²) < 4.78 is 15.9.